The number of alkyl halides is 3. The lowest BCUT2D eigenvalue weighted by atomic mass is 9.92. The second-order valence-electron chi connectivity index (χ2n) is 7.50. The lowest BCUT2D eigenvalue weighted by molar-refractivity contribution is -0.157. The molecule has 0 aromatic carbocycles. The summed E-state index contributed by atoms with van der Waals surface area (Å²) in [7, 11) is 1.81. The van der Waals surface area contributed by atoms with Crippen molar-refractivity contribution in [3.63, 3.8) is 0 Å². The van der Waals surface area contributed by atoms with E-state index in [-0.39, 0.29) is 23.9 Å². The second-order valence-corrected chi connectivity index (χ2v) is 7.50. The molecule has 1 fully saturated rings. The molecule has 0 amide bonds. The maximum absolute atomic E-state index is 12.5. The molecule has 1 saturated heterocycles. The number of hydrogen-bond acceptors (Lipinski definition) is 7. The molecule has 1 aliphatic rings. The zero-order valence-electron chi connectivity index (χ0n) is 15.1. The first-order valence-corrected chi connectivity index (χ1v) is 8.23. The molecule has 0 saturated carbocycles. The molecule has 2 aromatic heterocycles. The van der Waals surface area contributed by atoms with E-state index >= 15 is 0 Å². The Bertz CT molecular complexity index is 747. The van der Waals surface area contributed by atoms with Gasteiger partial charge in [0.15, 0.2) is 5.82 Å². The Labute approximate surface area is 149 Å². The largest absolute Gasteiger partial charge is 0.470 e. The first-order valence-electron chi connectivity index (χ1n) is 8.23. The Kier molecular flexibility index (Phi) is 4.63. The SMILES string of the molecule is CN(Cc1nnc(C(F)(F)F)o1)C1CN(c2ccc(C(C)(C)C)nn2)C1. The number of likely N-dealkylation sites (N-methyl/N-ethyl adjacent to an activating group) is 1. The van der Waals surface area contributed by atoms with Gasteiger partial charge in [-0.3, -0.25) is 4.90 Å². The second kappa shape index (κ2) is 6.49. The summed E-state index contributed by atoms with van der Waals surface area (Å²) in [5, 5.41) is 15.0. The first-order chi connectivity index (χ1) is 12.0. The predicted octanol–water partition coefficient (Wildman–Crippen LogP) is 2.50. The van der Waals surface area contributed by atoms with Crippen molar-refractivity contribution in [2.24, 2.45) is 0 Å². The van der Waals surface area contributed by atoms with E-state index in [1.54, 1.807) is 0 Å². The third-order valence-electron chi connectivity index (χ3n) is 4.32. The summed E-state index contributed by atoms with van der Waals surface area (Å²) >= 11 is 0. The van der Waals surface area contributed by atoms with Crippen molar-refractivity contribution in [2.45, 2.75) is 44.9 Å². The van der Waals surface area contributed by atoms with E-state index < -0.39 is 12.1 Å². The molecule has 0 bridgehead atoms. The van der Waals surface area contributed by atoms with Gasteiger partial charge in [0.1, 0.15) is 0 Å². The van der Waals surface area contributed by atoms with Crippen LogP contribution in [0.3, 0.4) is 0 Å². The summed E-state index contributed by atoms with van der Waals surface area (Å²) in [5.41, 5.74) is 0.870. The lowest BCUT2D eigenvalue weighted by Crippen LogP contribution is -2.58. The molecule has 0 unspecified atom stereocenters. The molecule has 7 nitrogen and oxygen atoms in total. The number of nitrogens with zero attached hydrogens (tertiary/aromatic N) is 6. The highest BCUT2D eigenvalue weighted by Gasteiger charge is 2.38. The van der Waals surface area contributed by atoms with Gasteiger partial charge in [-0.15, -0.1) is 15.3 Å². The van der Waals surface area contributed by atoms with E-state index in [9.17, 15) is 13.2 Å². The number of aromatic nitrogens is 4. The molecule has 3 rings (SSSR count). The molecule has 0 N–H and O–H groups in total. The Morgan fingerprint density at radius 2 is 1.81 bits per heavy atom. The average Bonchev–Trinajstić information content (AvgIpc) is 2.94. The monoisotopic (exact) mass is 370 g/mol. The average molecular weight is 370 g/mol. The highest BCUT2D eigenvalue weighted by Crippen LogP contribution is 2.28. The fraction of sp³-hybridized carbons (Fsp3) is 0.625. The van der Waals surface area contributed by atoms with Crippen LogP contribution >= 0.6 is 0 Å². The molecule has 3 heterocycles. The van der Waals surface area contributed by atoms with Crippen molar-refractivity contribution in [3.05, 3.63) is 29.6 Å². The molecule has 10 heteroatoms. The van der Waals surface area contributed by atoms with E-state index in [1.165, 1.54) is 0 Å². The summed E-state index contributed by atoms with van der Waals surface area (Å²) in [5.74, 6) is -0.572. The molecular formula is C16H21F3N6O. The van der Waals surface area contributed by atoms with E-state index in [4.69, 9.17) is 0 Å². The van der Waals surface area contributed by atoms with Crippen LogP contribution in [0.15, 0.2) is 16.5 Å². The molecule has 0 aliphatic carbocycles. The quantitative estimate of drug-likeness (QED) is 0.819. The molecule has 0 atom stereocenters. The van der Waals surface area contributed by atoms with Gasteiger partial charge in [0, 0.05) is 24.5 Å². The normalized spacial score (nSPS) is 16.2. The van der Waals surface area contributed by atoms with Crippen LogP contribution in [0, 0.1) is 0 Å². The van der Waals surface area contributed by atoms with Gasteiger partial charge in [0.05, 0.1) is 12.2 Å². The summed E-state index contributed by atoms with van der Waals surface area (Å²) in [6.07, 6.45) is -4.62. The molecule has 26 heavy (non-hydrogen) atoms. The van der Waals surface area contributed by atoms with E-state index in [2.05, 4.69) is 50.5 Å². The lowest BCUT2D eigenvalue weighted by Gasteiger charge is -2.44. The van der Waals surface area contributed by atoms with Gasteiger partial charge in [-0.25, -0.2) is 0 Å². The van der Waals surface area contributed by atoms with Crippen molar-refractivity contribution < 1.29 is 17.6 Å². The highest BCUT2D eigenvalue weighted by molar-refractivity contribution is 5.42. The number of halogens is 3. The van der Waals surface area contributed by atoms with Crippen LogP contribution in [0.2, 0.25) is 0 Å². The van der Waals surface area contributed by atoms with Crippen LogP contribution in [-0.4, -0.2) is 51.5 Å². The van der Waals surface area contributed by atoms with Gasteiger partial charge in [-0.1, -0.05) is 20.8 Å². The number of rotatable bonds is 4. The Morgan fingerprint density at radius 3 is 2.31 bits per heavy atom. The van der Waals surface area contributed by atoms with Crippen molar-refractivity contribution >= 4 is 5.82 Å². The van der Waals surface area contributed by atoms with Crippen LogP contribution in [0.4, 0.5) is 19.0 Å². The fourth-order valence-corrected chi connectivity index (χ4v) is 2.59. The highest BCUT2D eigenvalue weighted by atomic mass is 19.4. The van der Waals surface area contributed by atoms with Gasteiger partial charge in [-0.05, 0) is 19.2 Å². The third kappa shape index (κ3) is 3.95. The van der Waals surface area contributed by atoms with Gasteiger partial charge in [0.2, 0.25) is 5.89 Å². The third-order valence-corrected chi connectivity index (χ3v) is 4.32. The summed E-state index contributed by atoms with van der Waals surface area (Å²) in [6.45, 7) is 7.81. The van der Waals surface area contributed by atoms with Crippen LogP contribution < -0.4 is 4.90 Å². The van der Waals surface area contributed by atoms with Gasteiger partial charge in [0.25, 0.3) is 0 Å². The minimum Gasteiger partial charge on any atom is -0.416 e. The maximum atomic E-state index is 12.5. The van der Waals surface area contributed by atoms with E-state index in [0.717, 1.165) is 11.5 Å². The standard InChI is InChI=1S/C16H21F3N6O/c1-15(2,3)11-5-6-12(21-20-11)25-7-10(8-25)24(4)9-13-22-23-14(26-13)16(17,18)19/h5-6,10H,7-9H2,1-4H3. The molecule has 0 radical (unpaired) electrons. The van der Waals surface area contributed by atoms with Crippen LogP contribution in [-0.2, 0) is 18.1 Å². The van der Waals surface area contributed by atoms with E-state index in [1.807, 2.05) is 24.1 Å². The number of hydrogen-bond donors (Lipinski definition) is 0. The van der Waals surface area contributed by atoms with Crippen molar-refractivity contribution in [3.8, 4) is 0 Å². The van der Waals surface area contributed by atoms with Gasteiger partial charge >= 0.3 is 12.1 Å². The van der Waals surface area contributed by atoms with Crippen LogP contribution in [0.5, 0.6) is 0 Å². The van der Waals surface area contributed by atoms with Crippen LogP contribution in [0.1, 0.15) is 38.2 Å². The predicted molar refractivity (Wildman–Crippen MR) is 87.5 cm³/mol. The molecule has 142 valence electrons. The molecule has 2 aromatic rings. The zero-order valence-corrected chi connectivity index (χ0v) is 15.1. The Morgan fingerprint density at radius 1 is 1.12 bits per heavy atom. The zero-order chi connectivity index (χ0) is 19.1. The summed E-state index contributed by atoms with van der Waals surface area (Å²) in [6, 6.07) is 4.08. The fourth-order valence-electron chi connectivity index (χ4n) is 2.59. The van der Waals surface area contributed by atoms with Crippen molar-refractivity contribution in [2.75, 3.05) is 25.0 Å². The van der Waals surface area contributed by atoms with Crippen molar-refractivity contribution in [1.29, 1.82) is 0 Å². The van der Waals surface area contributed by atoms with Gasteiger partial charge in [-0.2, -0.15) is 18.3 Å². The van der Waals surface area contributed by atoms with Crippen LogP contribution in [0.25, 0.3) is 0 Å². The van der Waals surface area contributed by atoms with Crippen molar-refractivity contribution in [1.82, 2.24) is 25.3 Å². The minimum atomic E-state index is -4.62. The smallest absolute Gasteiger partial charge is 0.416 e. The summed E-state index contributed by atoms with van der Waals surface area (Å²) in [4.78, 5) is 3.96. The first kappa shape index (κ1) is 18.6. The maximum Gasteiger partial charge on any atom is 0.470 e. The molecule has 0 spiro atoms. The van der Waals surface area contributed by atoms with E-state index in [0.29, 0.717) is 13.1 Å². The topological polar surface area (TPSA) is 71.2 Å². The molecule has 1 aliphatic heterocycles. The number of anilines is 1. The Balaban J connectivity index is 1.53. The summed E-state index contributed by atoms with van der Waals surface area (Å²) < 4.78 is 42.1. The molecular weight excluding hydrogens is 349 g/mol. The Hall–Kier alpha value is -2.23. The van der Waals surface area contributed by atoms with Gasteiger partial charge < -0.3 is 9.32 Å². The minimum absolute atomic E-state index is 0.0485.